The quantitative estimate of drug-likeness (QED) is 0.634. The minimum atomic E-state index is -2.95. The molecule has 1 N–H and O–H groups in total. The van der Waals surface area contributed by atoms with Crippen molar-refractivity contribution < 1.29 is 18.7 Å². The molecular weight excluding hydrogens is 154 g/mol. The summed E-state index contributed by atoms with van der Waals surface area (Å²) in [4.78, 5) is 10.5. The topological polar surface area (TPSA) is 37.3 Å². The van der Waals surface area contributed by atoms with E-state index >= 15 is 0 Å². The molecule has 62 valence electrons. The van der Waals surface area contributed by atoms with Crippen LogP contribution >= 0.6 is 0 Å². The molecule has 0 aromatic heterocycles. The fourth-order valence-corrected chi connectivity index (χ4v) is 2.26. The molecule has 3 aliphatic rings. The summed E-state index contributed by atoms with van der Waals surface area (Å²) in [7, 11) is 0. The second-order valence-corrected chi connectivity index (χ2v) is 3.57. The van der Waals surface area contributed by atoms with Gasteiger partial charge in [0.15, 0.2) is 0 Å². The smallest absolute Gasteiger partial charge is 0.315 e. The highest BCUT2D eigenvalue weighted by Gasteiger charge is 2.73. The molecule has 3 saturated carbocycles. The second kappa shape index (κ2) is 1.57. The molecule has 2 nitrogen and oxygen atoms in total. The maximum atomic E-state index is 12.9. The van der Waals surface area contributed by atoms with Gasteiger partial charge in [0.25, 0.3) is 5.92 Å². The van der Waals surface area contributed by atoms with Crippen molar-refractivity contribution in [2.75, 3.05) is 0 Å². The molecule has 0 saturated heterocycles. The normalized spacial score (nSPS) is 45.1. The van der Waals surface area contributed by atoms with E-state index in [-0.39, 0.29) is 25.2 Å². The van der Waals surface area contributed by atoms with Crippen molar-refractivity contribution in [1.82, 2.24) is 0 Å². The van der Waals surface area contributed by atoms with Crippen molar-refractivity contribution in [3.05, 3.63) is 0 Å². The standard InChI is InChI=1S/C7H8F2O2/c8-7(9)3-4-1-6(7,2-4)5(10)11/h4H,1-3H2,(H,10,11). The van der Waals surface area contributed by atoms with Crippen LogP contribution in [0.2, 0.25) is 0 Å². The Balaban J connectivity index is 2.35. The minimum absolute atomic E-state index is 0.0406. The first-order valence-electron chi connectivity index (χ1n) is 3.59. The zero-order chi connectivity index (χ0) is 8.28. The molecule has 3 fully saturated rings. The van der Waals surface area contributed by atoms with Crippen LogP contribution in [0, 0.1) is 11.3 Å². The van der Waals surface area contributed by atoms with Gasteiger partial charge in [-0.05, 0) is 18.8 Å². The van der Waals surface area contributed by atoms with E-state index < -0.39 is 17.3 Å². The van der Waals surface area contributed by atoms with Crippen LogP contribution in [0.25, 0.3) is 0 Å². The number of rotatable bonds is 1. The van der Waals surface area contributed by atoms with Gasteiger partial charge in [-0.3, -0.25) is 4.79 Å². The summed E-state index contributed by atoms with van der Waals surface area (Å²) in [6.45, 7) is 0. The van der Waals surface area contributed by atoms with Gasteiger partial charge >= 0.3 is 5.97 Å². The van der Waals surface area contributed by atoms with E-state index in [2.05, 4.69) is 0 Å². The van der Waals surface area contributed by atoms with Gasteiger partial charge < -0.3 is 5.11 Å². The molecule has 0 amide bonds. The van der Waals surface area contributed by atoms with Gasteiger partial charge in [-0.15, -0.1) is 0 Å². The first-order valence-corrected chi connectivity index (χ1v) is 3.59. The Kier molecular flexibility index (Phi) is 0.997. The number of hydrogen-bond donors (Lipinski definition) is 1. The van der Waals surface area contributed by atoms with Crippen molar-refractivity contribution in [3.8, 4) is 0 Å². The summed E-state index contributed by atoms with van der Waals surface area (Å²) >= 11 is 0. The Morgan fingerprint density at radius 1 is 1.36 bits per heavy atom. The predicted octanol–water partition coefficient (Wildman–Crippen LogP) is 1.51. The molecule has 3 rings (SSSR count). The molecule has 2 bridgehead atoms. The molecule has 11 heavy (non-hydrogen) atoms. The zero-order valence-electron chi connectivity index (χ0n) is 5.81. The first kappa shape index (κ1) is 7.00. The number of carboxylic acid groups (broad SMARTS) is 1. The number of halogens is 2. The van der Waals surface area contributed by atoms with Crippen LogP contribution in [0.1, 0.15) is 19.3 Å². The predicted molar refractivity (Wildman–Crippen MR) is 32.4 cm³/mol. The van der Waals surface area contributed by atoms with Crippen LogP contribution in [0.4, 0.5) is 8.78 Å². The number of carboxylic acids is 1. The van der Waals surface area contributed by atoms with Gasteiger partial charge in [0.05, 0.1) is 0 Å². The Morgan fingerprint density at radius 2 is 1.91 bits per heavy atom. The summed E-state index contributed by atoms with van der Waals surface area (Å²) in [6, 6.07) is 0. The van der Waals surface area contributed by atoms with Gasteiger partial charge in [0, 0.05) is 6.42 Å². The third-order valence-corrected chi connectivity index (χ3v) is 2.93. The summed E-state index contributed by atoms with van der Waals surface area (Å²) in [5.74, 6) is -4.32. The maximum Gasteiger partial charge on any atom is 0.315 e. The fraction of sp³-hybridized carbons (Fsp3) is 0.857. The Morgan fingerprint density at radius 3 is 2.09 bits per heavy atom. The molecule has 4 heteroatoms. The van der Waals surface area contributed by atoms with Crippen molar-refractivity contribution in [2.24, 2.45) is 11.3 Å². The lowest BCUT2D eigenvalue weighted by Crippen LogP contribution is -2.45. The number of carbonyl (C=O) groups is 1. The van der Waals surface area contributed by atoms with Crippen LogP contribution in [0.15, 0.2) is 0 Å². The van der Waals surface area contributed by atoms with E-state index in [9.17, 15) is 13.6 Å². The SMILES string of the molecule is O=C(O)C12CC(CC1(F)F)C2. The van der Waals surface area contributed by atoms with Crippen LogP contribution < -0.4 is 0 Å². The van der Waals surface area contributed by atoms with E-state index in [1.807, 2.05) is 0 Å². The van der Waals surface area contributed by atoms with Gasteiger partial charge in [0.1, 0.15) is 5.41 Å². The molecule has 0 spiro atoms. The van der Waals surface area contributed by atoms with Crippen molar-refractivity contribution in [2.45, 2.75) is 25.2 Å². The van der Waals surface area contributed by atoms with Gasteiger partial charge in [0.2, 0.25) is 0 Å². The number of aliphatic carboxylic acids is 1. The monoisotopic (exact) mass is 162 g/mol. The van der Waals surface area contributed by atoms with E-state index in [1.54, 1.807) is 0 Å². The molecule has 0 radical (unpaired) electrons. The Hall–Kier alpha value is -0.670. The molecule has 0 unspecified atom stereocenters. The summed E-state index contributed by atoms with van der Waals surface area (Å²) in [5.41, 5.74) is -1.68. The van der Waals surface area contributed by atoms with Crippen molar-refractivity contribution in [3.63, 3.8) is 0 Å². The molecule has 0 aliphatic heterocycles. The fourth-order valence-electron chi connectivity index (χ4n) is 2.26. The van der Waals surface area contributed by atoms with Crippen LogP contribution in [-0.4, -0.2) is 17.0 Å². The van der Waals surface area contributed by atoms with Crippen LogP contribution in [0.3, 0.4) is 0 Å². The maximum absolute atomic E-state index is 12.9. The molecule has 0 atom stereocenters. The van der Waals surface area contributed by atoms with Crippen molar-refractivity contribution in [1.29, 1.82) is 0 Å². The van der Waals surface area contributed by atoms with Gasteiger partial charge in [-0.1, -0.05) is 0 Å². The molecule has 0 aromatic rings. The third-order valence-electron chi connectivity index (χ3n) is 2.93. The van der Waals surface area contributed by atoms with E-state index in [0.29, 0.717) is 0 Å². The number of alkyl halides is 2. The molecule has 3 aliphatic carbocycles. The lowest BCUT2D eigenvalue weighted by molar-refractivity contribution is -0.175. The van der Waals surface area contributed by atoms with Crippen LogP contribution in [-0.2, 0) is 4.79 Å². The average molecular weight is 162 g/mol. The largest absolute Gasteiger partial charge is 0.481 e. The highest BCUT2D eigenvalue weighted by molar-refractivity contribution is 5.78. The highest BCUT2D eigenvalue weighted by atomic mass is 19.3. The molecular formula is C7H8F2O2. The summed E-state index contributed by atoms with van der Waals surface area (Å²) in [6.07, 6.45) is 0.129. The third kappa shape index (κ3) is 0.583. The lowest BCUT2D eigenvalue weighted by atomic mass is 9.69. The minimum Gasteiger partial charge on any atom is -0.481 e. The first-order chi connectivity index (χ1) is 4.98. The number of fused-ring (bicyclic) bond motifs is 1. The second-order valence-electron chi connectivity index (χ2n) is 3.57. The van der Waals surface area contributed by atoms with Crippen LogP contribution in [0.5, 0.6) is 0 Å². The van der Waals surface area contributed by atoms with Gasteiger partial charge in [-0.25, -0.2) is 8.78 Å². The Bertz CT molecular complexity index is 218. The van der Waals surface area contributed by atoms with E-state index in [1.165, 1.54) is 0 Å². The molecule has 0 aromatic carbocycles. The summed E-state index contributed by atoms with van der Waals surface area (Å²) < 4.78 is 25.8. The van der Waals surface area contributed by atoms with E-state index in [4.69, 9.17) is 5.11 Å². The Labute approximate surface area is 62.2 Å². The molecule has 0 heterocycles. The van der Waals surface area contributed by atoms with Crippen molar-refractivity contribution >= 4 is 5.97 Å². The zero-order valence-corrected chi connectivity index (χ0v) is 5.81. The highest BCUT2D eigenvalue weighted by Crippen LogP contribution is 2.66. The van der Waals surface area contributed by atoms with Gasteiger partial charge in [-0.2, -0.15) is 0 Å². The lowest BCUT2D eigenvalue weighted by Gasteiger charge is -2.35. The van der Waals surface area contributed by atoms with E-state index in [0.717, 1.165) is 0 Å². The average Bonchev–Trinajstić information content (AvgIpc) is 2.10. The summed E-state index contributed by atoms with van der Waals surface area (Å²) in [5, 5.41) is 8.57. The number of hydrogen-bond acceptors (Lipinski definition) is 1.